The molecular formula is C18H14FN3O3S. The highest BCUT2D eigenvalue weighted by atomic mass is 32.2. The van der Waals surface area contributed by atoms with Crippen molar-refractivity contribution < 1.29 is 17.5 Å². The number of nitrogens with zero attached hydrogens (tertiary/aromatic N) is 3. The highest BCUT2D eigenvalue weighted by Gasteiger charge is 2.15. The normalized spacial score (nSPS) is 11.2. The Kier molecular flexibility index (Phi) is 4.49. The van der Waals surface area contributed by atoms with Crippen LogP contribution in [-0.2, 0) is 9.84 Å². The van der Waals surface area contributed by atoms with Gasteiger partial charge in [-0.25, -0.2) is 17.5 Å². The second kappa shape index (κ2) is 6.61. The summed E-state index contributed by atoms with van der Waals surface area (Å²) in [7, 11) is -1.95. The van der Waals surface area contributed by atoms with Crippen LogP contribution in [0.2, 0.25) is 0 Å². The van der Waals surface area contributed by atoms with Crippen LogP contribution in [-0.4, -0.2) is 31.6 Å². The zero-order valence-electron chi connectivity index (χ0n) is 14.0. The van der Waals surface area contributed by atoms with Gasteiger partial charge in [0.2, 0.25) is 0 Å². The molecule has 0 radical (unpaired) electrons. The minimum atomic E-state index is -3.31. The van der Waals surface area contributed by atoms with Crippen LogP contribution in [0.5, 0.6) is 5.75 Å². The van der Waals surface area contributed by atoms with Gasteiger partial charge in [-0.15, -0.1) is 0 Å². The summed E-state index contributed by atoms with van der Waals surface area (Å²) in [6.07, 6.45) is 1.13. The number of nitriles is 1. The van der Waals surface area contributed by atoms with Crippen LogP contribution in [0.25, 0.3) is 16.9 Å². The number of hydrogen-bond donors (Lipinski definition) is 0. The van der Waals surface area contributed by atoms with Crippen LogP contribution in [0, 0.1) is 17.1 Å². The molecule has 1 aromatic heterocycles. The number of sulfone groups is 1. The van der Waals surface area contributed by atoms with Crippen molar-refractivity contribution in [3.63, 3.8) is 0 Å². The molecule has 0 saturated carbocycles. The van der Waals surface area contributed by atoms with Gasteiger partial charge in [0.1, 0.15) is 6.07 Å². The van der Waals surface area contributed by atoms with Crippen molar-refractivity contribution >= 4 is 9.84 Å². The van der Waals surface area contributed by atoms with E-state index in [2.05, 4.69) is 5.10 Å². The second-order valence-corrected chi connectivity index (χ2v) is 7.57. The predicted octanol–water partition coefficient (Wildman–Crippen LogP) is 2.96. The van der Waals surface area contributed by atoms with E-state index in [1.807, 2.05) is 6.07 Å². The van der Waals surface area contributed by atoms with Gasteiger partial charge in [0.15, 0.2) is 27.1 Å². The molecule has 8 heteroatoms. The number of hydrogen-bond acceptors (Lipinski definition) is 5. The summed E-state index contributed by atoms with van der Waals surface area (Å²) in [5.74, 6) is -0.460. The first kappa shape index (κ1) is 17.6. The number of aromatic nitrogens is 2. The molecule has 0 aliphatic heterocycles. The molecule has 0 aliphatic carbocycles. The van der Waals surface area contributed by atoms with E-state index in [-0.39, 0.29) is 16.3 Å². The molecule has 1 heterocycles. The van der Waals surface area contributed by atoms with Gasteiger partial charge in [-0.05, 0) is 24.3 Å². The summed E-state index contributed by atoms with van der Waals surface area (Å²) in [6, 6.07) is 14.0. The van der Waals surface area contributed by atoms with E-state index in [0.717, 1.165) is 6.26 Å². The number of methoxy groups -OCH3 is 1. The van der Waals surface area contributed by atoms with Crippen LogP contribution in [0.4, 0.5) is 4.39 Å². The summed E-state index contributed by atoms with van der Waals surface area (Å²) in [5, 5.41) is 13.4. The molecule has 3 rings (SSSR count). The number of rotatable bonds is 4. The van der Waals surface area contributed by atoms with Gasteiger partial charge >= 0.3 is 0 Å². The Labute approximate surface area is 150 Å². The van der Waals surface area contributed by atoms with E-state index in [4.69, 9.17) is 4.74 Å². The lowest BCUT2D eigenvalue weighted by Gasteiger charge is -2.10. The van der Waals surface area contributed by atoms with Crippen LogP contribution in [0.1, 0.15) is 5.69 Å². The van der Waals surface area contributed by atoms with Crippen molar-refractivity contribution in [2.45, 2.75) is 4.90 Å². The first-order valence-corrected chi connectivity index (χ1v) is 9.37. The summed E-state index contributed by atoms with van der Waals surface area (Å²) in [4.78, 5) is 0.191. The lowest BCUT2D eigenvalue weighted by Crippen LogP contribution is -2.01. The highest BCUT2D eigenvalue weighted by Crippen LogP contribution is 2.28. The Balaban J connectivity index is 2.15. The molecule has 0 atom stereocenters. The molecular weight excluding hydrogens is 357 g/mol. The van der Waals surface area contributed by atoms with Crippen LogP contribution >= 0.6 is 0 Å². The van der Waals surface area contributed by atoms with Gasteiger partial charge in [0.05, 0.1) is 23.4 Å². The second-order valence-electron chi connectivity index (χ2n) is 5.55. The fourth-order valence-corrected chi connectivity index (χ4v) is 3.12. The van der Waals surface area contributed by atoms with Gasteiger partial charge in [0.25, 0.3) is 0 Å². The van der Waals surface area contributed by atoms with Crippen LogP contribution in [0.15, 0.2) is 53.4 Å². The van der Waals surface area contributed by atoms with Crippen molar-refractivity contribution in [1.29, 1.82) is 5.26 Å². The zero-order chi connectivity index (χ0) is 18.9. The van der Waals surface area contributed by atoms with Gasteiger partial charge in [0, 0.05) is 24.0 Å². The number of benzene rings is 2. The summed E-state index contributed by atoms with van der Waals surface area (Å²) in [5.41, 5.74) is 1.91. The van der Waals surface area contributed by atoms with E-state index in [0.29, 0.717) is 16.9 Å². The lowest BCUT2D eigenvalue weighted by molar-refractivity contribution is 0.386. The first-order chi connectivity index (χ1) is 12.3. The third-order valence-electron chi connectivity index (χ3n) is 3.78. The Morgan fingerprint density at radius 1 is 1.15 bits per heavy atom. The molecule has 0 spiro atoms. The average molecular weight is 371 g/mol. The van der Waals surface area contributed by atoms with Gasteiger partial charge < -0.3 is 4.74 Å². The zero-order valence-corrected chi connectivity index (χ0v) is 14.8. The summed E-state index contributed by atoms with van der Waals surface area (Å²) in [6.45, 7) is 0. The number of halogens is 1. The van der Waals surface area contributed by atoms with Crippen LogP contribution in [0.3, 0.4) is 0 Å². The first-order valence-electron chi connectivity index (χ1n) is 7.48. The van der Waals surface area contributed by atoms with Crippen LogP contribution < -0.4 is 4.74 Å². The van der Waals surface area contributed by atoms with Gasteiger partial charge in [-0.1, -0.05) is 12.1 Å². The fraction of sp³-hybridized carbons (Fsp3) is 0.111. The maximum atomic E-state index is 13.7. The number of ether oxygens (including phenoxy) is 1. The van der Waals surface area contributed by atoms with E-state index in [9.17, 15) is 18.1 Å². The molecule has 0 amide bonds. The summed E-state index contributed by atoms with van der Waals surface area (Å²) < 4.78 is 43.4. The largest absolute Gasteiger partial charge is 0.494 e. The standard InChI is InChI=1S/C18H14FN3O3S/c1-25-18-10-14(5-8-16(18)19)22-17(9-13(11-20)21-22)12-3-6-15(7-4-12)26(2,23)24/h3-10H,1-2H3. The molecule has 0 unspecified atom stereocenters. The molecule has 0 N–H and O–H groups in total. The highest BCUT2D eigenvalue weighted by molar-refractivity contribution is 7.90. The molecule has 2 aromatic carbocycles. The topological polar surface area (TPSA) is 85.0 Å². The van der Waals surface area contributed by atoms with Crippen molar-refractivity contribution in [2.24, 2.45) is 0 Å². The van der Waals surface area contributed by atoms with Crippen molar-refractivity contribution in [3.05, 3.63) is 60.0 Å². The minimum absolute atomic E-state index is 0.0508. The third kappa shape index (κ3) is 3.30. The monoisotopic (exact) mass is 371 g/mol. The Morgan fingerprint density at radius 2 is 1.85 bits per heavy atom. The molecule has 6 nitrogen and oxygen atoms in total. The molecule has 26 heavy (non-hydrogen) atoms. The smallest absolute Gasteiger partial charge is 0.175 e. The van der Waals surface area contributed by atoms with E-state index in [1.165, 1.54) is 42.1 Å². The Bertz CT molecular complexity index is 1110. The van der Waals surface area contributed by atoms with E-state index < -0.39 is 15.7 Å². The third-order valence-corrected chi connectivity index (χ3v) is 4.91. The molecule has 3 aromatic rings. The van der Waals surface area contributed by atoms with Gasteiger partial charge in [-0.2, -0.15) is 10.4 Å². The Hall–Kier alpha value is -3.18. The van der Waals surface area contributed by atoms with Gasteiger partial charge in [-0.3, -0.25) is 0 Å². The van der Waals surface area contributed by atoms with Crippen molar-refractivity contribution in [3.8, 4) is 28.8 Å². The SMILES string of the molecule is COc1cc(-n2nc(C#N)cc2-c2ccc(S(C)(=O)=O)cc2)ccc1F. The average Bonchev–Trinajstić information content (AvgIpc) is 3.06. The maximum absolute atomic E-state index is 13.7. The maximum Gasteiger partial charge on any atom is 0.175 e. The molecule has 0 aliphatic rings. The Morgan fingerprint density at radius 3 is 2.42 bits per heavy atom. The quantitative estimate of drug-likeness (QED) is 0.704. The molecule has 0 fully saturated rings. The van der Waals surface area contributed by atoms with Crippen molar-refractivity contribution in [1.82, 2.24) is 9.78 Å². The van der Waals surface area contributed by atoms with Crippen molar-refractivity contribution in [2.75, 3.05) is 13.4 Å². The summed E-state index contributed by atoms with van der Waals surface area (Å²) >= 11 is 0. The molecule has 0 saturated heterocycles. The van der Waals surface area contributed by atoms with E-state index in [1.54, 1.807) is 18.2 Å². The minimum Gasteiger partial charge on any atom is -0.494 e. The molecule has 132 valence electrons. The fourth-order valence-electron chi connectivity index (χ4n) is 2.49. The molecule has 0 bridgehead atoms. The predicted molar refractivity (Wildman–Crippen MR) is 93.3 cm³/mol. The lowest BCUT2D eigenvalue weighted by atomic mass is 10.1. The van der Waals surface area contributed by atoms with E-state index >= 15 is 0 Å².